The molecule has 0 saturated carbocycles. The number of hydrogen-bond acceptors (Lipinski definition) is 3. The highest BCUT2D eigenvalue weighted by atomic mass is 15.3. The van der Waals surface area contributed by atoms with E-state index in [-0.39, 0.29) is 0 Å². The van der Waals surface area contributed by atoms with Crippen LogP contribution in [0, 0.1) is 11.8 Å². The highest BCUT2D eigenvalue weighted by molar-refractivity contribution is 4.84. The van der Waals surface area contributed by atoms with Crippen LogP contribution < -0.4 is 5.32 Å². The predicted octanol–water partition coefficient (Wildman–Crippen LogP) is 2.50. The molecule has 0 saturated heterocycles. The molecule has 0 radical (unpaired) electrons. The summed E-state index contributed by atoms with van der Waals surface area (Å²) in [7, 11) is 0. The fourth-order valence-corrected chi connectivity index (χ4v) is 1.90. The van der Waals surface area contributed by atoms with Gasteiger partial charge in [-0.2, -0.15) is 5.10 Å². The van der Waals surface area contributed by atoms with E-state index in [2.05, 4.69) is 43.1 Å². The summed E-state index contributed by atoms with van der Waals surface area (Å²) in [5.74, 6) is 2.49. The number of aryl methyl sites for hydroxylation is 1. The van der Waals surface area contributed by atoms with Gasteiger partial charge in [0.1, 0.15) is 12.2 Å². The molecule has 0 bridgehead atoms. The third-order valence-corrected chi connectivity index (χ3v) is 2.79. The van der Waals surface area contributed by atoms with Gasteiger partial charge in [0.2, 0.25) is 0 Å². The van der Waals surface area contributed by atoms with Crippen molar-refractivity contribution < 1.29 is 0 Å². The first-order chi connectivity index (χ1) is 8.59. The van der Waals surface area contributed by atoms with Crippen molar-refractivity contribution in [2.45, 2.75) is 53.5 Å². The maximum Gasteiger partial charge on any atom is 0.138 e. The van der Waals surface area contributed by atoms with E-state index in [1.165, 1.54) is 12.8 Å². The molecular formula is C14H28N4. The molecule has 0 spiro atoms. The summed E-state index contributed by atoms with van der Waals surface area (Å²) in [4.78, 5) is 4.35. The maximum atomic E-state index is 4.35. The zero-order valence-corrected chi connectivity index (χ0v) is 12.3. The molecule has 1 aromatic rings. The zero-order valence-electron chi connectivity index (χ0n) is 12.3. The summed E-state index contributed by atoms with van der Waals surface area (Å²) >= 11 is 0. The third kappa shape index (κ3) is 6.15. The van der Waals surface area contributed by atoms with Gasteiger partial charge in [0.05, 0.1) is 0 Å². The fourth-order valence-electron chi connectivity index (χ4n) is 1.90. The summed E-state index contributed by atoms with van der Waals surface area (Å²) in [6.45, 7) is 12.1. The second-order valence-electron chi connectivity index (χ2n) is 5.81. The van der Waals surface area contributed by atoms with E-state index in [0.29, 0.717) is 5.92 Å². The van der Waals surface area contributed by atoms with Crippen molar-refractivity contribution in [2.75, 3.05) is 13.1 Å². The van der Waals surface area contributed by atoms with Crippen LogP contribution in [0.4, 0.5) is 0 Å². The van der Waals surface area contributed by atoms with E-state index in [4.69, 9.17) is 0 Å². The molecule has 1 aromatic heterocycles. The summed E-state index contributed by atoms with van der Waals surface area (Å²) in [6, 6.07) is 0. The fraction of sp³-hybridized carbons (Fsp3) is 0.857. The zero-order chi connectivity index (χ0) is 13.4. The van der Waals surface area contributed by atoms with Gasteiger partial charge in [-0.1, -0.05) is 27.7 Å². The summed E-state index contributed by atoms with van der Waals surface area (Å²) in [5.41, 5.74) is 0. The number of nitrogens with one attached hydrogen (secondary N) is 1. The minimum absolute atomic E-state index is 0.623. The molecule has 1 heterocycles. The van der Waals surface area contributed by atoms with Crippen LogP contribution in [0.3, 0.4) is 0 Å². The van der Waals surface area contributed by atoms with Crippen LogP contribution in [-0.4, -0.2) is 27.9 Å². The van der Waals surface area contributed by atoms with Crippen molar-refractivity contribution in [1.82, 2.24) is 20.1 Å². The van der Waals surface area contributed by atoms with Gasteiger partial charge in [-0.05, 0) is 37.8 Å². The molecule has 0 unspecified atom stereocenters. The van der Waals surface area contributed by atoms with Gasteiger partial charge < -0.3 is 5.32 Å². The third-order valence-electron chi connectivity index (χ3n) is 2.79. The van der Waals surface area contributed by atoms with Crippen LogP contribution in [-0.2, 0) is 13.0 Å². The Morgan fingerprint density at radius 1 is 1.17 bits per heavy atom. The lowest BCUT2D eigenvalue weighted by Crippen LogP contribution is -2.20. The molecule has 4 heteroatoms. The number of aromatic nitrogens is 3. The molecule has 0 aliphatic rings. The van der Waals surface area contributed by atoms with Crippen LogP contribution in [0.15, 0.2) is 6.33 Å². The van der Waals surface area contributed by atoms with E-state index in [9.17, 15) is 0 Å². The van der Waals surface area contributed by atoms with Crippen LogP contribution >= 0.6 is 0 Å². The maximum absolute atomic E-state index is 4.35. The lowest BCUT2D eigenvalue weighted by molar-refractivity contribution is 0.460. The lowest BCUT2D eigenvalue weighted by atomic mass is 10.2. The van der Waals surface area contributed by atoms with Gasteiger partial charge in [-0.25, -0.2) is 9.67 Å². The highest BCUT2D eigenvalue weighted by Crippen LogP contribution is 2.04. The van der Waals surface area contributed by atoms with E-state index >= 15 is 0 Å². The van der Waals surface area contributed by atoms with Crippen LogP contribution in [0.2, 0.25) is 0 Å². The predicted molar refractivity (Wildman–Crippen MR) is 75.5 cm³/mol. The van der Waals surface area contributed by atoms with E-state index in [0.717, 1.165) is 37.8 Å². The lowest BCUT2D eigenvalue weighted by Gasteiger charge is -2.09. The Labute approximate surface area is 111 Å². The molecule has 18 heavy (non-hydrogen) atoms. The molecule has 1 rings (SSSR count). The number of unbranched alkanes of at least 4 members (excludes halogenated alkanes) is 1. The van der Waals surface area contributed by atoms with Gasteiger partial charge in [-0.3, -0.25) is 0 Å². The Hall–Kier alpha value is -0.900. The first kappa shape index (κ1) is 15.2. The van der Waals surface area contributed by atoms with E-state index in [1.807, 2.05) is 4.68 Å². The second-order valence-corrected chi connectivity index (χ2v) is 5.81. The Balaban J connectivity index is 2.17. The van der Waals surface area contributed by atoms with Gasteiger partial charge in [0.25, 0.3) is 0 Å². The molecule has 0 amide bonds. The number of hydrogen-bond donors (Lipinski definition) is 1. The van der Waals surface area contributed by atoms with Crippen molar-refractivity contribution >= 4 is 0 Å². The monoisotopic (exact) mass is 252 g/mol. The number of rotatable bonds is 9. The molecule has 0 atom stereocenters. The Morgan fingerprint density at radius 2 is 1.94 bits per heavy atom. The molecule has 0 fully saturated rings. The normalized spacial score (nSPS) is 11.7. The Morgan fingerprint density at radius 3 is 2.61 bits per heavy atom. The van der Waals surface area contributed by atoms with Gasteiger partial charge in [0.15, 0.2) is 0 Å². The first-order valence-corrected chi connectivity index (χ1v) is 7.17. The first-order valence-electron chi connectivity index (χ1n) is 7.17. The molecular weight excluding hydrogens is 224 g/mol. The molecule has 104 valence electrons. The van der Waals surface area contributed by atoms with Gasteiger partial charge in [-0.15, -0.1) is 0 Å². The smallest absolute Gasteiger partial charge is 0.138 e. The second kappa shape index (κ2) is 8.25. The SMILES string of the molecule is CC(C)CNCCCCc1ncnn1CC(C)C. The van der Waals surface area contributed by atoms with Crippen molar-refractivity contribution in [3.05, 3.63) is 12.2 Å². The van der Waals surface area contributed by atoms with Crippen molar-refractivity contribution in [1.29, 1.82) is 0 Å². The number of nitrogens with zero attached hydrogens (tertiary/aromatic N) is 3. The Bertz CT molecular complexity index is 317. The van der Waals surface area contributed by atoms with E-state index < -0.39 is 0 Å². The average Bonchev–Trinajstić information content (AvgIpc) is 2.69. The highest BCUT2D eigenvalue weighted by Gasteiger charge is 2.05. The summed E-state index contributed by atoms with van der Waals surface area (Å²) in [5, 5.41) is 7.75. The molecule has 0 aliphatic carbocycles. The summed E-state index contributed by atoms with van der Waals surface area (Å²) in [6.07, 6.45) is 5.11. The topological polar surface area (TPSA) is 42.7 Å². The largest absolute Gasteiger partial charge is 0.316 e. The van der Waals surface area contributed by atoms with Crippen LogP contribution in [0.5, 0.6) is 0 Å². The van der Waals surface area contributed by atoms with Crippen LogP contribution in [0.25, 0.3) is 0 Å². The van der Waals surface area contributed by atoms with Crippen molar-refractivity contribution in [3.63, 3.8) is 0 Å². The van der Waals surface area contributed by atoms with Crippen LogP contribution in [0.1, 0.15) is 46.4 Å². The van der Waals surface area contributed by atoms with Crippen molar-refractivity contribution in [3.8, 4) is 0 Å². The average molecular weight is 252 g/mol. The Kier molecular flexibility index (Phi) is 6.94. The molecule has 0 aromatic carbocycles. The van der Waals surface area contributed by atoms with Gasteiger partial charge in [0, 0.05) is 13.0 Å². The molecule has 4 nitrogen and oxygen atoms in total. The quantitative estimate of drug-likeness (QED) is 0.687. The minimum atomic E-state index is 0.623. The van der Waals surface area contributed by atoms with Crippen molar-refractivity contribution in [2.24, 2.45) is 11.8 Å². The standard InChI is InChI=1S/C14H28N4/c1-12(2)9-15-8-6-5-7-14-16-11-17-18(14)10-13(3)4/h11-13,15H,5-10H2,1-4H3. The van der Waals surface area contributed by atoms with Gasteiger partial charge >= 0.3 is 0 Å². The summed E-state index contributed by atoms with van der Waals surface area (Å²) < 4.78 is 2.05. The minimum Gasteiger partial charge on any atom is -0.316 e. The van der Waals surface area contributed by atoms with E-state index in [1.54, 1.807) is 6.33 Å². The molecule has 0 aliphatic heterocycles. The molecule has 1 N–H and O–H groups in total.